The molecule has 0 aromatic heterocycles. The normalized spacial score (nSPS) is 23.5. The molecular formula is C14H17ClO3. The number of aliphatic carboxylic acids is 1. The Bertz CT molecular complexity index is 458. The van der Waals surface area contributed by atoms with E-state index in [-0.39, 0.29) is 5.92 Å². The van der Waals surface area contributed by atoms with Crippen molar-refractivity contribution in [2.45, 2.75) is 19.8 Å². The van der Waals surface area contributed by atoms with Gasteiger partial charge >= 0.3 is 5.97 Å². The highest BCUT2D eigenvalue weighted by Crippen LogP contribution is 2.45. The molecule has 98 valence electrons. The van der Waals surface area contributed by atoms with E-state index in [1.807, 2.05) is 18.2 Å². The minimum Gasteiger partial charge on any atom is -0.495 e. The summed E-state index contributed by atoms with van der Waals surface area (Å²) in [5.41, 5.74) is 1.13. The van der Waals surface area contributed by atoms with Crippen LogP contribution >= 0.6 is 11.6 Å². The van der Waals surface area contributed by atoms with Gasteiger partial charge in [0, 0.05) is 0 Å². The summed E-state index contributed by atoms with van der Waals surface area (Å²) in [4.78, 5) is 10.8. The number of methoxy groups -OCH3 is 1. The topological polar surface area (TPSA) is 46.5 Å². The van der Waals surface area contributed by atoms with Crippen LogP contribution in [-0.4, -0.2) is 18.2 Å². The maximum absolute atomic E-state index is 10.8. The Morgan fingerprint density at radius 3 is 2.83 bits per heavy atom. The lowest BCUT2D eigenvalue weighted by atomic mass is 9.95. The van der Waals surface area contributed by atoms with Gasteiger partial charge in [-0.05, 0) is 42.4 Å². The first-order valence-electron chi connectivity index (χ1n) is 6.08. The number of carbonyl (C=O) groups is 1. The van der Waals surface area contributed by atoms with Crippen LogP contribution in [-0.2, 0) is 11.2 Å². The summed E-state index contributed by atoms with van der Waals surface area (Å²) in [6.45, 7) is 2.10. The minimum atomic E-state index is -0.667. The highest BCUT2D eigenvalue weighted by atomic mass is 35.5. The Balaban J connectivity index is 1.98. The molecule has 1 N–H and O–H groups in total. The van der Waals surface area contributed by atoms with Crippen molar-refractivity contribution in [3.05, 3.63) is 28.8 Å². The van der Waals surface area contributed by atoms with E-state index in [0.717, 1.165) is 18.4 Å². The van der Waals surface area contributed by atoms with Crippen LogP contribution in [0, 0.1) is 17.8 Å². The summed E-state index contributed by atoms with van der Waals surface area (Å²) in [6.07, 6.45) is 1.67. The summed E-state index contributed by atoms with van der Waals surface area (Å²) in [7, 11) is 1.59. The standard InChI is InChI=1S/C14H17ClO3/c1-8(10-7-11(10)14(16)17)5-9-3-4-13(18-2)12(15)6-9/h3-4,6,8,10-11H,5,7H2,1-2H3,(H,16,17). The Morgan fingerprint density at radius 2 is 2.33 bits per heavy atom. The summed E-state index contributed by atoms with van der Waals surface area (Å²) in [5.74, 6) is 0.537. The zero-order chi connectivity index (χ0) is 13.3. The highest BCUT2D eigenvalue weighted by Gasteiger charge is 2.45. The van der Waals surface area contributed by atoms with Crippen LogP contribution in [0.3, 0.4) is 0 Å². The summed E-state index contributed by atoms with van der Waals surface area (Å²) >= 11 is 6.07. The molecule has 1 fully saturated rings. The molecule has 3 unspecified atom stereocenters. The van der Waals surface area contributed by atoms with Crippen LogP contribution in [0.1, 0.15) is 18.9 Å². The second-order valence-corrected chi connectivity index (χ2v) is 5.40. The second-order valence-electron chi connectivity index (χ2n) is 4.99. The SMILES string of the molecule is COc1ccc(CC(C)C2CC2C(=O)O)cc1Cl. The smallest absolute Gasteiger partial charge is 0.306 e. The zero-order valence-corrected chi connectivity index (χ0v) is 11.3. The lowest BCUT2D eigenvalue weighted by molar-refractivity contribution is -0.139. The molecule has 3 nitrogen and oxygen atoms in total. The predicted octanol–water partition coefficient (Wildman–Crippen LogP) is 3.25. The molecule has 0 bridgehead atoms. The van der Waals surface area contributed by atoms with Crippen molar-refractivity contribution in [1.82, 2.24) is 0 Å². The Kier molecular flexibility index (Phi) is 3.81. The van der Waals surface area contributed by atoms with Crippen LogP contribution in [0.4, 0.5) is 0 Å². The molecular weight excluding hydrogens is 252 g/mol. The summed E-state index contributed by atoms with van der Waals surface area (Å²) in [5, 5.41) is 9.52. The second kappa shape index (κ2) is 5.19. The monoisotopic (exact) mass is 268 g/mol. The minimum absolute atomic E-state index is 0.145. The summed E-state index contributed by atoms with van der Waals surface area (Å²) < 4.78 is 5.10. The van der Waals surface area contributed by atoms with Crippen molar-refractivity contribution in [1.29, 1.82) is 0 Å². The molecule has 0 spiro atoms. The predicted molar refractivity (Wildman–Crippen MR) is 70.1 cm³/mol. The lowest BCUT2D eigenvalue weighted by Gasteiger charge is -2.12. The number of halogens is 1. The Labute approximate surface area is 112 Å². The third-order valence-corrected chi connectivity index (χ3v) is 3.96. The van der Waals surface area contributed by atoms with E-state index >= 15 is 0 Å². The number of rotatable bonds is 5. The van der Waals surface area contributed by atoms with Crippen LogP contribution in [0.15, 0.2) is 18.2 Å². The third kappa shape index (κ3) is 2.78. The molecule has 0 aliphatic heterocycles. The molecule has 1 aromatic carbocycles. The van der Waals surface area contributed by atoms with Crippen LogP contribution in [0.5, 0.6) is 5.75 Å². The molecule has 4 heteroatoms. The molecule has 1 aliphatic rings. The van der Waals surface area contributed by atoms with Crippen LogP contribution in [0.2, 0.25) is 5.02 Å². The average Bonchev–Trinajstić information content (AvgIpc) is 3.09. The van der Waals surface area contributed by atoms with Gasteiger partial charge in [0.25, 0.3) is 0 Å². The van der Waals surface area contributed by atoms with Crippen molar-refractivity contribution in [2.75, 3.05) is 7.11 Å². The highest BCUT2D eigenvalue weighted by molar-refractivity contribution is 6.32. The maximum Gasteiger partial charge on any atom is 0.306 e. The fourth-order valence-corrected chi connectivity index (χ4v) is 2.77. The number of carboxylic acids is 1. The first-order chi connectivity index (χ1) is 8.52. The van der Waals surface area contributed by atoms with Gasteiger partial charge in [-0.15, -0.1) is 0 Å². The van der Waals surface area contributed by atoms with Gasteiger partial charge in [-0.25, -0.2) is 0 Å². The van der Waals surface area contributed by atoms with Gasteiger partial charge in [-0.2, -0.15) is 0 Å². The Hall–Kier alpha value is -1.22. The van der Waals surface area contributed by atoms with E-state index in [0.29, 0.717) is 22.6 Å². The molecule has 0 amide bonds. The first kappa shape index (κ1) is 13.2. The van der Waals surface area contributed by atoms with Crippen molar-refractivity contribution in [3.8, 4) is 5.75 Å². The van der Waals surface area contributed by atoms with E-state index in [4.69, 9.17) is 21.4 Å². The quantitative estimate of drug-likeness (QED) is 0.892. The number of hydrogen-bond acceptors (Lipinski definition) is 2. The van der Waals surface area contributed by atoms with Gasteiger partial charge in [0.1, 0.15) is 5.75 Å². The van der Waals surface area contributed by atoms with Crippen molar-refractivity contribution < 1.29 is 14.6 Å². The lowest BCUT2D eigenvalue weighted by Crippen LogP contribution is -2.08. The largest absolute Gasteiger partial charge is 0.495 e. The zero-order valence-electron chi connectivity index (χ0n) is 10.5. The van der Waals surface area contributed by atoms with Gasteiger partial charge in [0.2, 0.25) is 0 Å². The van der Waals surface area contributed by atoms with E-state index < -0.39 is 5.97 Å². The van der Waals surface area contributed by atoms with Gasteiger partial charge in [0.05, 0.1) is 18.1 Å². The van der Waals surface area contributed by atoms with E-state index in [2.05, 4.69) is 6.92 Å². The molecule has 1 aromatic rings. The molecule has 0 radical (unpaired) electrons. The first-order valence-corrected chi connectivity index (χ1v) is 6.46. The van der Waals surface area contributed by atoms with Gasteiger partial charge in [0.15, 0.2) is 0 Å². The van der Waals surface area contributed by atoms with Crippen molar-refractivity contribution in [3.63, 3.8) is 0 Å². The molecule has 1 saturated carbocycles. The van der Waals surface area contributed by atoms with Crippen molar-refractivity contribution in [2.24, 2.45) is 17.8 Å². The number of carboxylic acid groups (broad SMARTS) is 1. The number of hydrogen-bond donors (Lipinski definition) is 1. The fourth-order valence-electron chi connectivity index (χ4n) is 2.49. The molecule has 2 rings (SSSR count). The van der Waals surface area contributed by atoms with Crippen LogP contribution < -0.4 is 4.74 Å². The van der Waals surface area contributed by atoms with E-state index in [9.17, 15) is 4.79 Å². The molecule has 0 saturated heterocycles. The van der Waals surface area contributed by atoms with Crippen LogP contribution in [0.25, 0.3) is 0 Å². The average molecular weight is 269 g/mol. The van der Waals surface area contributed by atoms with Gasteiger partial charge < -0.3 is 9.84 Å². The maximum atomic E-state index is 10.8. The fraction of sp³-hybridized carbons (Fsp3) is 0.500. The number of ether oxygens (including phenoxy) is 1. The molecule has 3 atom stereocenters. The molecule has 0 heterocycles. The van der Waals surface area contributed by atoms with E-state index in [1.54, 1.807) is 7.11 Å². The third-order valence-electron chi connectivity index (χ3n) is 3.66. The van der Waals surface area contributed by atoms with Gasteiger partial charge in [-0.3, -0.25) is 4.79 Å². The van der Waals surface area contributed by atoms with Gasteiger partial charge in [-0.1, -0.05) is 24.6 Å². The van der Waals surface area contributed by atoms with Crippen molar-refractivity contribution >= 4 is 17.6 Å². The van der Waals surface area contributed by atoms with E-state index in [1.165, 1.54) is 0 Å². The Morgan fingerprint density at radius 1 is 1.61 bits per heavy atom. The molecule has 18 heavy (non-hydrogen) atoms. The number of benzene rings is 1. The molecule has 1 aliphatic carbocycles. The summed E-state index contributed by atoms with van der Waals surface area (Å²) in [6, 6.07) is 5.74.